The lowest BCUT2D eigenvalue weighted by atomic mass is 9.46. The van der Waals surface area contributed by atoms with Gasteiger partial charge in [0.1, 0.15) is 5.60 Å². The summed E-state index contributed by atoms with van der Waals surface area (Å²) in [6.45, 7) is 3.30. The van der Waals surface area contributed by atoms with E-state index in [1.807, 2.05) is 13.0 Å². The van der Waals surface area contributed by atoms with E-state index in [-0.39, 0.29) is 49.2 Å². The quantitative estimate of drug-likeness (QED) is 0.512. The Kier molecular flexibility index (Phi) is 5.90. The molecule has 4 aliphatic carbocycles. The summed E-state index contributed by atoms with van der Waals surface area (Å²) in [5, 5.41) is 31.6. The van der Waals surface area contributed by atoms with Crippen LogP contribution < -0.4 is 0 Å². The van der Waals surface area contributed by atoms with Crippen molar-refractivity contribution in [2.75, 3.05) is 6.61 Å². The largest absolute Gasteiger partial charge is 0.481 e. The van der Waals surface area contributed by atoms with Crippen LogP contribution in [0.5, 0.6) is 0 Å². The normalized spacial score (nSPS) is 41.5. The fraction of sp³-hybridized carbons (Fsp3) is 0.680. The molecule has 0 heterocycles. The minimum Gasteiger partial charge on any atom is -0.481 e. The average Bonchev–Trinajstić information content (AvgIpc) is 3.02. The third-order valence-electron chi connectivity index (χ3n) is 9.02. The Hall–Kier alpha value is -2.32. The number of allylic oxidation sites excluding steroid dienone is 4. The molecule has 33 heavy (non-hydrogen) atoms. The van der Waals surface area contributed by atoms with Gasteiger partial charge in [-0.1, -0.05) is 25.5 Å². The molecule has 0 amide bonds. The Morgan fingerprint density at radius 1 is 1.18 bits per heavy atom. The summed E-state index contributed by atoms with van der Waals surface area (Å²) < 4.78 is 4.96. The van der Waals surface area contributed by atoms with Crippen molar-refractivity contribution >= 4 is 23.5 Å². The molecule has 4 rings (SSSR count). The average molecular weight is 461 g/mol. The second-order valence-corrected chi connectivity index (χ2v) is 10.6. The van der Waals surface area contributed by atoms with Crippen LogP contribution in [0.15, 0.2) is 23.8 Å². The molecule has 8 nitrogen and oxygen atoms in total. The van der Waals surface area contributed by atoms with Crippen molar-refractivity contribution in [3.8, 4) is 0 Å². The van der Waals surface area contributed by atoms with Gasteiger partial charge in [-0.25, -0.2) is 0 Å². The van der Waals surface area contributed by atoms with Crippen LogP contribution in [0.4, 0.5) is 0 Å². The Labute approximate surface area is 192 Å². The van der Waals surface area contributed by atoms with Gasteiger partial charge in [-0.05, 0) is 56.1 Å². The first-order valence-electron chi connectivity index (χ1n) is 11.7. The van der Waals surface area contributed by atoms with E-state index in [0.717, 1.165) is 18.4 Å². The summed E-state index contributed by atoms with van der Waals surface area (Å²) in [5.74, 6) is -2.58. The number of aliphatic hydroxyl groups excluding tert-OH is 1. The first-order valence-corrected chi connectivity index (χ1v) is 11.7. The van der Waals surface area contributed by atoms with Crippen LogP contribution in [0.1, 0.15) is 58.8 Å². The van der Waals surface area contributed by atoms with E-state index in [9.17, 15) is 29.4 Å². The number of aliphatic carboxylic acids is 1. The van der Waals surface area contributed by atoms with Crippen molar-refractivity contribution in [2.45, 2.75) is 70.5 Å². The topological polar surface area (TPSA) is 138 Å². The molecule has 0 radical (unpaired) electrons. The number of aliphatic hydroxyl groups is 2. The molecule has 2 unspecified atom stereocenters. The summed E-state index contributed by atoms with van der Waals surface area (Å²) in [4.78, 5) is 47.4. The molecule has 0 aromatic rings. The molecule has 7 atom stereocenters. The van der Waals surface area contributed by atoms with Gasteiger partial charge < -0.3 is 20.1 Å². The predicted molar refractivity (Wildman–Crippen MR) is 116 cm³/mol. The number of carbonyl (C=O) groups is 4. The Morgan fingerprint density at radius 2 is 1.91 bits per heavy atom. The lowest BCUT2D eigenvalue weighted by Gasteiger charge is -2.59. The standard InChI is InChI=1S/C25H32O8/c1-23-9-7-15(26)11-14(23)3-4-16-17-8-10-25(32,24(17,2)12-18(27)22(16)23)19(28)13-33-21(31)6-5-20(29)30/h7,9,11,16-18,22,27,32H,3-6,8,10,12-13H2,1-2H3,(H,29,30)/t16-,17?,18-,22?,23-,24-,25-/m0/s1. The molecule has 0 spiro atoms. The molecule has 0 saturated heterocycles. The Bertz CT molecular complexity index is 950. The molecule has 3 fully saturated rings. The zero-order valence-electron chi connectivity index (χ0n) is 19.1. The lowest BCUT2D eigenvalue weighted by molar-refractivity contribution is -0.181. The fourth-order valence-electron chi connectivity index (χ4n) is 7.34. The van der Waals surface area contributed by atoms with E-state index < -0.39 is 46.9 Å². The number of hydrogen-bond acceptors (Lipinski definition) is 7. The van der Waals surface area contributed by atoms with Gasteiger partial charge in [0.25, 0.3) is 0 Å². The summed E-state index contributed by atoms with van der Waals surface area (Å²) in [6, 6.07) is 0. The van der Waals surface area contributed by atoms with Crippen molar-refractivity contribution in [3.63, 3.8) is 0 Å². The van der Waals surface area contributed by atoms with Crippen molar-refractivity contribution in [3.05, 3.63) is 23.8 Å². The van der Waals surface area contributed by atoms with Gasteiger partial charge in [-0.3, -0.25) is 19.2 Å². The molecule has 180 valence electrons. The van der Waals surface area contributed by atoms with Crippen LogP contribution in [-0.4, -0.2) is 57.1 Å². The van der Waals surface area contributed by atoms with Crippen LogP contribution in [-0.2, 0) is 23.9 Å². The number of rotatable bonds is 6. The molecular weight excluding hydrogens is 428 g/mol. The van der Waals surface area contributed by atoms with Crippen molar-refractivity contribution in [1.29, 1.82) is 0 Å². The summed E-state index contributed by atoms with van der Waals surface area (Å²) >= 11 is 0. The molecule has 3 N–H and O–H groups in total. The molecule has 3 saturated carbocycles. The van der Waals surface area contributed by atoms with Gasteiger partial charge in [0.15, 0.2) is 12.4 Å². The van der Waals surface area contributed by atoms with Crippen molar-refractivity contribution in [2.24, 2.45) is 28.6 Å². The predicted octanol–water partition coefficient (Wildman–Crippen LogP) is 1.97. The van der Waals surface area contributed by atoms with Gasteiger partial charge >= 0.3 is 11.9 Å². The maximum atomic E-state index is 13.1. The van der Waals surface area contributed by atoms with E-state index in [1.165, 1.54) is 0 Å². The maximum absolute atomic E-state index is 13.1. The fourth-order valence-corrected chi connectivity index (χ4v) is 7.34. The second kappa shape index (κ2) is 8.17. The minimum absolute atomic E-state index is 0.00645. The number of carbonyl (C=O) groups excluding carboxylic acids is 3. The van der Waals surface area contributed by atoms with Crippen LogP contribution in [0, 0.1) is 28.6 Å². The van der Waals surface area contributed by atoms with E-state index in [1.54, 1.807) is 12.2 Å². The molecular formula is C25H32O8. The van der Waals surface area contributed by atoms with Crippen LogP contribution in [0.25, 0.3) is 0 Å². The number of ether oxygens (including phenoxy) is 1. The highest BCUT2D eigenvalue weighted by Gasteiger charge is 2.68. The summed E-state index contributed by atoms with van der Waals surface area (Å²) in [5.41, 5.74) is -1.99. The first kappa shape index (κ1) is 23.8. The van der Waals surface area contributed by atoms with Crippen molar-refractivity contribution < 1.29 is 39.2 Å². The van der Waals surface area contributed by atoms with Gasteiger partial charge in [-0.2, -0.15) is 0 Å². The van der Waals surface area contributed by atoms with E-state index in [0.29, 0.717) is 6.42 Å². The minimum atomic E-state index is -1.73. The van der Waals surface area contributed by atoms with Crippen LogP contribution >= 0.6 is 0 Å². The number of fused-ring (bicyclic) bond motifs is 5. The maximum Gasteiger partial charge on any atom is 0.306 e. The second-order valence-electron chi connectivity index (χ2n) is 10.6. The third kappa shape index (κ3) is 3.67. The summed E-state index contributed by atoms with van der Waals surface area (Å²) in [7, 11) is 0. The smallest absolute Gasteiger partial charge is 0.306 e. The number of Topliss-reactive ketones (excluding diaryl/α,β-unsaturated/α-hetero) is 1. The molecule has 0 bridgehead atoms. The lowest BCUT2D eigenvalue weighted by Crippen LogP contribution is -2.61. The number of ketones is 2. The zero-order chi connectivity index (χ0) is 24.2. The molecule has 8 heteroatoms. The zero-order valence-corrected chi connectivity index (χ0v) is 19.1. The Balaban J connectivity index is 1.53. The number of carboxylic acid groups (broad SMARTS) is 1. The van der Waals surface area contributed by atoms with Gasteiger partial charge in [0, 0.05) is 16.7 Å². The van der Waals surface area contributed by atoms with Crippen molar-refractivity contribution in [1.82, 2.24) is 0 Å². The van der Waals surface area contributed by atoms with E-state index in [2.05, 4.69) is 6.92 Å². The van der Waals surface area contributed by atoms with Gasteiger partial charge in [0.2, 0.25) is 5.78 Å². The van der Waals surface area contributed by atoms with Gasteiger partial charge in [-0.15, -0.1) is 0 Å². The summed E-state index contributed by atoms with van der Waals surface area (Å²) in [6.07, 6.45) is 6.27. The van der Waals surface area contributed by atoms with Gasteiger partial charge in [0.05, 0.1) is 18.9 Å². The van der Waals surface area contributed by atoms with E-state index >= 15 is 0 Å². The number of carboxylic acids is 1. The molecule has 0 aromatic carbocycles. The third-order valence-corrected chi connectivity index (χ3v) is 9.02. The SMILES string of the molecule is C[C@]12C=CC(=O)C=C1CC[C@@H]1C2[C@@H](O)C[C@@]2(C)C1CC[C@]2(O)C(=O)COC(=O)CCC(=O)O. The Morgan fingerprint density at radius 3 is 2.61 bits per heavy atom. The highest BCUT2D eigenvalue weighted by atomic mass is 16.5. The number of hydrogen-bond donors (Lipinski definition) is 3. The van der Waals surface area contributed by atoms with Crippen LogP contribution in [0.3, 0.4) is 0 Å². The highest BCUT2D eigenvalue weighted by Crippen LogP contribution is 2.67. The van der Waals surface area contributed by atoms with Crippen LogP contribution in [0.2, 0.25) is 0 Å². The number of esters is 1. The molecule has 0 aromatic heterocycles. The molecule has 0 aliphatic heterocycles. The first-order chi connectivity index (χ1) is 15.4. The highest BCUT2D eigenvalue weighted by molar-refractivity contribution is 6.01. The molecule has 4 aliphatic rings. The van der Waals surface area contributed by atoms with E-state index in [4.69, 9.17) is 9.84 Å². The monoisotopic (exact) mass is 460 g/mol.